The largest absolute Gasteiger partial charge is 0.402 e. The Morgan fingerprint density at radius 2 is 0.604 bits per heavy atom. The minimum Gasteiger partial charge on any atom is -0.402 e. The molecule has 240 valence electrons. The molecule has 0 aliphatic heterocycles. The second-order valence-electron chi connectivity index (χ2n) is 10.7. The predicted octanol–water partition coefficient (Wildman–Crippen LogP) is 10.2. The fourth-order valence-electron chi connectivity index (χ4n) is 5.44. The van der Waals surface area contributed by atoms with Crippen molar-refractivity contribution < 1.29 is 22.7 Å². The monoisotopic (exact) mass is 670 g/mol. The highest BCUT2D eigenvalue weighted by Gasteiger charge is 2.38. The van der Waals surface area contributed by atoms with Gasteiger partial charge in [0.2, 0.25) is 5.78 Å². The minimum absolute atomic E-state index is 0.292. The van der Waals surface area contributed by atoms with Crippen LogP contribution in [0.15, 0.2) is 211 Å². The van der Waals surface area contributed by atoms with Crippen molar-refractivity contribution in [2.45, 2.75) is 42.2 Å². The Hall–Kier alpha value is -5.37. The van der Waals surface area contributed by atoms with E-state index in [9.17, 15) is 14.4 Å². The van der Waals surface area contributed by atoms with E-state index in [1.54, 1.807) is 0 Å². The lowest BCUT2D eigenvalue weighted by atomic mass is 10.2. The molecule has 0 N–H and O–H groups in total. The van der Waals surface area contributed by atoms with E-state index in [4.69, 9.17) is 8.37 Å². The summed E-state index contributed by atoms with van der Waals surface area (Å²) in [4.78, 5) is 45.8. The summed E-state index contributed by atoms with van der Waals surface area (Å²) < 4.78 is 12.8. The Morgan fingerprint density at radius 1 is 0.354 bits per heavy atom. The van der Waals surface area contributed by atoms with Crippen molar-refractivity contribution >= 4 is 38.3 Å². The summed E-state index contributed by atoms with van der Waals surface area (Å²) in [7, 11) is -5.14. The van der Waals surface area contributed by atoms with E-state index in [0.29, 0.717) is 0 Å². The third-order valence-electron chi connectivity index (χ3n) is 7.65. The molecule has 0 aliphatic carbocycles. The lowest BCUT2D eigenvalue weighted by Crippen LogP contribution is -2.22. The first kappa shape index (κ1) is 32.6. The van der Waals surface area contributed by atoms with Gasteiger partial charge in [-0.15, -0.1) is 0 Å². The van der Waals surface area contributed by atoms with E-state index in [1.165, 1.54) is 0 Å². The Kier molecular flexibility index (Phi) is 10.2. The number of ketones is 1. The van der Waals surface area contributed by atoms with Crippen LogP contribution in [0.4, 0.5) is 0 Å². The average Bonchev–Trinajstić information content (AvgIpc) is 3.17. The molecule has 48 heavy (non-hydrogen) atoms. The molecule has 0 fully saturated rings. The molecular weight excluding hydrogens is 637 g/mol. The Bertz CT molecular complexity index is 1760. The van der Waals surface area contributed by atoms with Gasteiger partial charge in [-0.2, -0.15) is 0 Å². The first-order chi connectivity index (χ1) is 23.5. The van der Waals surface area contributed by atoms with Crippen molar-refractivity contribution in [1.29, 1.82) is 0 Å². The van der Waals surface area contributed by atoms with E-state index >= 15 is 0 Å². The zero-order valence-corrected chi connectivity index (χ0v) is 27.7. The third kappa shape index (κ3) is 6.69. The fourth-order valence-corrected chi connectivity index (χ4v) is 11.6. The van der Waals surface area contributed by atoms with Crippen LogP contribution >= 0.6 is 20.6 Å². The Morgan fingerprint density at radius 3 is 0.875 bits per heavy atom. The van der Waals surface area contributed by atoms with Crippen molar-refractivity contribution in [2.75, 3.05) is 0 Å². The SMILES string of the molecule is O=C(CCC(=O)C(=O)OS(c1ccccc1)(c1ccccc1)c1ccccc1)OS(c1ccccc1)(c1ccccc1)c1ccccc1. The maximum Gasteiger partial charge on any atom is 0.385 e. The van der Waals surface area contributed by atoms with Gasteiger partial charge in [-0.3, -0.25) is 9.59 Å². The zero-order chi connectivity index (χ0) is 33.2. The highest BCUT2D eigenvalue weighted by Crippen LogP contribution is 2.70. The van der Waals surface area contributed by atoms with E-state index in [0.717, 1.165) is 29.4 Å². The molecule has 6 aromatic carbocycles. The molecule has 6 rings (SSSR count). The maximum absolute atomic E-state index is 13.8. The number of hydrogen-bond acceptors (Lipinski definition) is 5. The first-order valence-electron chi connectivity index (χ1n) is 15.5. The Balaban J connectivity index is 1.29. The molecule has 6 aromatic rings. The van der Waals surface area contributed by atoms with Crippen molar-refractivity contribution in [3.8, 4) is 0 Å². The van der Waals surface area contributed by atoms with Gasteiger partial charge >= 0.3 is 11.9 Å². The van der Waals surface area contributed by atoms with Crippen molar-refractivity contribution in [3.63, 3.8) is 0 Å². The van der Waals surface area contributed by atoms with E-state index in [2.05, 4.69) is 0 Å². The minimum atomic E-state index is -2.63. The number of rotatable bonds is 12. The van der Waals surface area contributed by atoms with Gasteiger partial charge in [-0.1, -0.05) is 109 Å². The van der Waals surface area contributed by atoms with Crippen LogP contribution in [-0.4, -0.2) is 17.7 Å². The van der Waals surface area contributed by atoms with Gasteiger partial charge in [0.05, 0.1) is 6.42 Å². The van der Waals surface area contributed by atoms with Crippen LogP contribution in [0.25, 0.3) is 0 Å². The highest BCUT2D eigenvalue weighted by molar-refractivity contribution is 8.30. The van der Waals surface area contributed by atoms with Crippen LogP contribution in [0.3, 0.4) is 0 Å². The van der Waals surface area contributed by atoms with E-state index in [-0.39, 0.29) is 12.8 Å². The molecule has 0 unspecified atom stereocenters. The molecule has 0 amide bonds. The number of Topliss-reactive ketones (excluding diaryl/α,β-unsaturated/α-hetero) is 1. The van der Waals surface area contributed by atoms with Crippen LogP contribution in [-0.2, 0) is 22.7 Å². The maximum atomic E-state index is 13.8. The molecule has 0 radical (unpaired) electrons. The molecule has 0 spiro atoms. The Labute approximate surface area is 284 Å². The fraction of sp³-hybridized carbons (Fsp3) is 0.0488. The number of carbonyl (C=O) groups excluding carboxylic acids is 3. The van der Waals surface area contributed by atoms with Gasteiger partial charge in [0, 0.05) is 35.8 Å². The molecule has 0 aliphatic rings. The second kappa shape index (κ2) is 15.0. The van der Waals surface area contributed by atoms with Crippen molar-refractivity contribution in [2.24, 2.45) is 0 Å². The standard InChI is InChI=1S/C41H34O5S2/c42-39(41(44)46-48(36-25-13-4-14-26-36,37-27-15-5-16-28-37)38-29-17-6-18-30-38)31-32-40(43)45-47(33-19-7-1-8-20-33,34-21-9-2-10-22-34)35-23-11-3-12-24-35/h1-30H,31-32H2. The lowest BCUT2D eigenvalue weighted by Gasteiger charge is -2.40. The van der Waals surface area contributed by atoms with E-state index < -0.39 is 38.3 Å². The van der Waals surface area contributed by atoms with Crippen LogP contribution in [0.1, 0.15) is 12.8 Å². The van der Waals surface area contributed by atoms with Crippen LogP contribution in [0, 0.1) is 0 Å². The topological polar surface area (TPSA) is 69.7 Å². The summed E-state index contributed by atoms with van der Waals surface area (Å²) in [5.74, 6) is -2.39. The molecule has 0 heterocycles. The van der Waals surface area contributed by atoms with Crippen LogP contribution in [0.2, 0.25) is 0 Å². The first-order valence-corrected chi connectivity index (χ1v) is 18.6. The van der Waals surface area contributed by atoms with Gasteiger partial charge in [0.25, 0.3) is 0 Å². The summed E-state index contributed by atoms with van der Waals surface area (Å²) in [6, 6.07) is 57.3. The quantitative estimate of drug-likeness (QED) is 0.121. The third-order valence-corrected chi connectivity index (χ3v) is 14.1. The molecule has 7 heteroatoms. The lowest BCUT2D eigenvalue weighted by molar-refractivity contribution is -0.147. The number of hydrogen-bond donors (Lipinski definition) is 0. The zero-order valence-electron chi connectivity index (χ0n) is 26.1. The smallest absolute Gasteiger partial charge is 0.385 e. The highest BCUT2D eigenvalue weighted by atomic mass is 32.3. The van der Waals surface area contributed by atoms with Crippen molar-refractivity contribution in [3.05, 3.63) is 182 Å². The van der Waals surface area contributed by atoms with Gasteiger partial charge in [0.1, 0.15) is 0 Å². The summed E-state index contributed by atoms with van der Waals surface area (Å²) >= 11 is 0. The molecule has 0 atom stereocenters. The molecular formula is C41H34O5S2. The summed E-state index contributed by atoms with van der Waals surface area (Å²) in [5, 5.41) is 0. The molecule has 0 saturated heterocycles. The number of benzene rings is 6. The molecule has 0 saturated carbocycles. The van der Waals surface area contributed by atoms with Gasteiger partial charge in [-0.25, -0.2) is 4.79 Å². The van der Waals surface area contributed by atoms with E-state index in [1.807, 2.05) is 182 Å². The van der Waals surface area contributed by atoms with Gasteiger partial charge < -0.3 is 8.37 Å². The average molecular weight is 671 g/mol. The van der Waals surface area contributed by atoms with Gasteiger partial charge in [0.15, 0.2) is 0 Å². The van der Waals surface area contributed by atoms with Gasteiger partial charge in [-0.05, 0) is 93.4 Å². The molecule has 5 nitrogen and oxygen atoms in total. The summed E-state index contributed by atoms with van der Waals surface area (Å²) in [6.45, 7) is 0. The normalized spacial score (nSPS) is 12.0. The summed E-state index contributed by atoms with van der Waals surface area (Å²) in [6.07, 6.45) is -0.654. The van der Waals surface area contributed by atoms with Crippen molar-refractivity contribution in [1.82, 2.24) is 0 Å². The number of carbonyl (C=O) groups is 3. The predicted molar refractivity (Wildman–Crippen MR) is 190 cm³/mol. The molecule has 0 aromatic heterocycles. The summed E-state index contributed by atoms with van der Waals surface area (Å²) in [5.41, 5.74) is 0. The van der Waals surface area contributed by atoms with Crippen LogP contribution in [0.5, 0.6) is 0 Å². The van der Waals surface area contributed by atoms with Crippen LogP contribution < -0.4 is 0 Å². The molecule has 0 bridgehead atoms. The second-order valence-corrected chi connectivity index (χ2v) is 16.1.